The van der Waals surface area contributed by atoms with E-state index in [0.717, 1.165) is 10.5 Å². The Hall–Kier alpha value is -1.84. The molecule has 21 heavy (non-hydrogen) atoms. The summed E-state index contributed by atoms with van der Waals surface area (Å²) < 4.78 is 5.37. The van der Waals surface area contributed by atoms with Gasteiger partial charge in [0.1, 0.15) is 0 Å². The zero-order valence-corrected chi connectivity index (χ0v) is 12.8. The molecule has 0 bridgehead atoms. The molecule has 3 heteroatoms. The third kappa shape index (κ3) is 4.88. The van der Waals surface area contributed by atoms with Crippen LogP contribution < -0.4 is 0 Å². The van der Waals surface area contributed by atoms with Crippen molar-refractivity contribution in [2.45, 2.75) is 6.92 Å². The molecule has 2 nitrogen and oxygen atoms in total. The number of hydrogen-bond donors (Lipinski definition) is 0. The van der Waals surface area contributed by atoms with E-state index >= 15 is 0 Å². The van der Waals surface area contributed by atoms with Crippen LogP contribution in [0, 0.1) is 0 Å². The smallest absolute Gasteiger partial charge is 0.224 e. The molecule has 0 fully saturated rings. The summed E-state index contributed by atoms with van der Waals surface area (Å²) in [4.78, 5) is 13.3. The van der Waals surface area contributed by atoms with Gasteiger partial charge in [0.25, 0.3) is 0 Å². The zero-order chi connectivity index (χ0) is 14.9. The van der Waals surface area contributed by atoms with E-state index in [-0.39, 0.29) is 5.12 Å². The minimum atomic E-state index is 0.0437. The van der Waals surface area contributed by atoms with Crippen molar-refractivity contribution in [3.63, 3.8) is 0 Å². The molecule has 0 aliphatic rings. The van der Waals surface area contributed by atoms with Gasteiger partial charge in [0.2, 0.25) is 5.12 Å². The number of rotatable bonds is 6. The van der Waals surface area contributed by atoms with Crippen molar-refractivity contribution in [2.75, 3.05) is 13.2 Å². The van der Waals surface area contributed by atoms with Gasteiger partial charge in [0, 0.05) is 17.1 Å². The second-order valence-electron chi connectivity index (χ2n) is 4.35. The highest BCUT2D eigenvalue weighted by molar-refractivity contribution is 8.21. The number of thioether (sulfide) groups is 1. The summed E-state index contributed by atoms with van der Waals surface area (Å²) in [6.07, 6.45) is 1.96. The maximum atomic E-state index is 12.3. The molecule has 108 valence electrons. The van der Waals surface area contributed by atoms with Crippen LogP contribution in [-0.2, 0) is 4.74 Å². The van der Waals surface area contributed by atoms with Crippen LogP contribution in [0.5, 0.6) is 0 Å². The summed E-state index contributed by atoms with van der Waals surface area (Å²) in [6.45, 7) is 3.13. The molecule has 0 spiro atoms. The molecule has 0 saturated heterocycles. The van der Waals surface area contributed by atoms with E-state index in [1.54, 1.807) is 0 Å². The molecule has 2 rings (SSSR count). The molecule has 0 saturated carbocycles. The largest absolute Gasteiger partial charge is 0.378 e. The monoisotopic (exact) mass is 298 g/mol. The minimum absolute atomic E-state index is 0.0437. The van der Waals surface area contributed by atoms with Crippen molar-refractivity contribution in [2.24, 2.45) is 0 Å². The first-order chi connectivity index (χ1) is 10.3. The Morgan fingerprint density at radius 3 is 2.14 bits per heavy atom. The maximum Gasteiger partial charge on any atom is 0.224 e. The molecule has 0 aliphatic carbocycles. The Morgan fingerprint density at radius 1 is 1.00 bits per heavy atom. The SMILES string of the molecule is CCOC/C=C(/SC(=O)c1ccccc1)c1ccccc1. The van der Waals surface area contributed by atoms with Gasteiger partial charge in [-0.1, -0.05) is 60.7 Å². The standard InChI is InChI=1S/C18H18O2S/c1-2-20-14-13-17(15-9-5-3-6-10-15)21-18(19)16-11-7-4-8-12-16/h3-13H,2,14H2,1H3/b17-13+. The normalized spacial score (nSPS) is 11.4. The molecule has 0 aliphatic heterocycles. The van der Waals surface area contributed by atoms with Crippen molar-refractivity contribution in [1.29, 1.82) is 0 Å². The lowest BCUT2D eigenvalue weighted by Crippen LogP contribution is -1.96. The van der Waals surface area contributed by atoms with Gasteiger partial charge >= 0.3 is 0 Å². The molecule has 0 heterocycles. The van der Waals surface area contributed by atoms with Crippen LogP contribution in [0.3, 0.4) is 0 Å². The molecule has 2 aromatic carbocycles. The fourth-order valence-electron chi connectivity index (χ4n) is 1.81. The molecule has 0 radical (unpaired) electrons. The highest BCUT2D eigenvalue weighted by atomic mass is 32.2. The molecular weight excluding hydrogens is 280 g/mol. The summed E-state index contributed by atoms with van der Waals surface area (Å²) in [5.41, 5.74) is 1.74. The van der Waals surface area contributed by atoms with Crippen molar-refractivity contribution in [3.05, 3.63) is 77.9 Å². The predicted molar refractivity (Wildman–Crippen MR) is 89.3 cm³/mol. The summed E-state index contributed by atoms with van der Waals surface area (Å²) in [6, 6.07) is 19.2. The third-order valence-electron chi connectivity index (χ3n) is 2.86. The van der Waals surface area contributed by atoms with Crippen LogP contribution >= 0.6 is 11.8 Å². The highest BCUT2D eigenvalue weighted by Gasteiger charge is 2.11. The van der Waals surface area contributed by atoms with Crippen LogP contribution in [0.25, 0.3) is 4.91 Å². The Morgan fingerprint density at radius 2 is 1.57 bits per heavy atom. The molecular formula is C18H18O2S. The van der Waals surface area contributed by atoms with Crippen LogP contribution in [0.2, 0.25) is 0 Å². The Labute approximate surface area is 129 Å². The van der Waals surface area contributed by atoms with Crippen LogP contribution in [0.4, 0.5) is 0 Å². The summed E-state index contributed by atoms with van der Waals surface area (Å²) in [5, 5.41) is 0.0437. The quantitative estimate of drug-likeness (QED) is 0.727. The van der Waals surface area contributed by atoms with Gasteiger partial charge in [-0.2, -0.15) is 0 Å². The van der Waals surface area contributed by atoms with Gasteiger partial charge < -0.3 is 4.74 Å². The topological polar surface area (TPSA) is 26.3 Å². The summed E-state index contributed by atoms with van der Waals surface area (Å²) in [7, 11) is 0. The number of carbonyl (C=O) groups excluding carboxylic acids is 1. The number of ether oxygens (including phenoxy) is 1. The van der Waals surface area contributed by atoms with Crippen molar-refractivity contribution >= 4 is 21.8 Å². The summed E-state index contributed by atoms with van der Waals surface area (Å²) in [5.74, 6) is 0. The lowest BCUT2D eigenvalue weighted by atomic mass is 10.2. The first-order valence-corrected chi connectivity index (χ1v) is 7.73. The van der Waals surface area contributed by atoms with Gasteiger partial charge in [-0.25, -0.2) is 0 Å². The molecule has 0 atom stereocenters. The third-order valence-corrected chi connectivity index (χ3v) is 3.90. The highest BCUT2D eigenvalue weighted by Crippen LogP contribution is 2.30. The van der Waals surface area contributed by atoms with E-state index in [1.807, 2.05) is 73.7 Å². The minimum Gasteiger partial charge on any atom is -0.378 e. The Bertz CT molecular complexity index is 591. The number of hydrogen-bond acceptors (Lipinski definition) is 3. The van der Waals surface area contributed by atoms with Gasteiger partial charge in [-0.05, 0) is 30.3 Å². The average Bonchev–Trinajstić information content (AvgIpc) is 2.55. The molecule has 0 amide bonds. The lowest BCUT2D eigenvalue weighted by Gasteiger charge is -2.07. The van der Waals surface area contributed by atoms with Crippen LogP contribution in [0.1, 0.15) is 22.8 Å². The lowest BCUT2D eigenvalue weighted by molar-refractivity contribution is 0.109. The number of benzene rings is 2. The second kappa shape index (κ2) is 8.45. The molecule has 0 aromatic heterocycles. The molecule has 2 aromatic rings. The number of carbonyl (C=O) groups is 1. The Balaban J connectivity index is 2.17. The van der Waals surface area contributed by atoms with Crippen molar-refractivity contribution in [3.8, 4) is 0 Å². The summed E-state index contributed by atoms with van der Waals surface area (Å²) >= 11 is 1.24. The fraction of sp³-hybridized carbons (Fsp3) is 0.167. The van der Waals surface area contributed by atoms with E-state index in [2.05, 4.69) is 0 Å². The first kappa shape index (κ1) is 15.5. The van der Waals surface area contributed by atoms with E-state index < -0.39 is 0 Å². The van der Waals surface area contributed by atoms with Gasteiger partial charge in [0.15, 0.2) is 0 Å². The van der Waals surface area contributed by atoms with Gasteiger partial charge in [0.05, 0.1) is 6.61 Å². The fourth-order valence-corrected chi connectivity index (χ4v) is 2.67. The van der Waals surface area contributed by atoms with E-state index in [9.17, 15) is 4.79 Å². The zero-order valence-electron chi connectivity index (χ0n) is 12.0. The average molecular weight is 298 g/mol. The van der Waals surface area contributed by atoms with E-state index in [1.165, 1.54) is 11.8 Å². The van der Waals surface area contributed by atoms with Crippen molar-refractivity contribution < 1.29 is 9.53 Å². The van der Waals surface area contributed by atoms with E-state index in [0.29, 0.717) is 18.8 Å². The molecule has 0 N–H and O–H groups in total. The van der Waals surface area contributed by atoms with E-state index in [4.69, 9.17) is 4.74 Å². The van der Waals surface area contributed by atoms with Crippen LogP contribution in [0.15, 0.2) is 66.7 Å². The molecule has 0 unspecified atom stereocenters. The second-order valence-corrected chi connectivity index (χ2v) is 5.36. The van der Waals surface area contributed by atoms with Crippen LogP contribution in [-0.4, -0.2) is 18.3 Å². The van der Waals surface area contributed by atoms with Crippen molar-refractivity contribution in [1.82, 2.24) is 0 Å². The Kier molecular flexibility index (Phi) is 6.25. The predicted octanol–water partition coefficient (Wildman–Crippen LogP) is 4.64. The maximum absolute atomic E-state index is 12.3. The van der Waals surface area contributed by atoms with Gasteiger partial charge in [-0.15, -0.1) is 0 Å². The first-order valence-electron chi connectivity index (χ1n) is 6.92. The van der Waals surface area contributed by atoms with Gasteiger partial charge in [-0.3, -0.25) is 4.79 Å².